The molecule has 1 atom stereocenters. The summed E-state index contributed by atoms with van der Waals surface area (Å²) in [6.07, 6.45) is 0.334. The fourth-order valence-corrected chi connectivity index (χ4v) is 3.40. The molecular formula is C14H21N3O3S. The lowest BCUT2D eigenvalue weighted by Crippen LogP contribution is -2.59. The second-order valence-corrected chi connectivity index (χ2v) is 6.68. The van der Waals surface area contributed by atoms with Crippen LogP contribution in [0.4, 0.5) is 0 Å². The summed E-state index contributed by atoms with van der Waals surface area (Å²) in [7, 11) is 1.57. The number of aromatic nitrogens is 1. The largest absolute Gasteiger partial charge is 0.362 e. The maximum Gasteiger partial charge on any atom is 0.253 e. The molecule has 2 amide bonds. The molecule has 1 saturated heterocycles. The smallest absolute Gasteiger partial charge is 0.253 e. The number of carbonyl (C=O) groups excluding carboxylic acids is 2. The zero-order valence-corrected chi connectivity index (χ0v) is 13.7. The van der Waals surface area contributed by atoms with Gasteiger partial charge in [-0.05, 0) is 20.8 Å². The minimum absolute atomic E-state index is 0.0141. The summed E-state index contributed by atoms with van der Waals surface area (Å²) in [4.78, 5) is 31.4. The number of nitrogens with one attached hydrogen (secondary N) is 1. The Bertz CT molecular complexity index is 558. The van der Waals surface area contributed by atoms with Gasteiger partial charge in [0.2, 0.25) is 5.91 Å². The van der Waals surface area contributed by atoms with E-state index in [0.717, 1.165) is 15.6 Å². The highest BCUT2D eigenvalue weighted by molar-refractivity contribution is 7.11. The number of likely N-dealkylation sites (N-methyl/N-ethyl adjacent to an activating group) is 1. The number of rotatable bonds is 3. The first-order valence-electron chi connectivity index (χ1n) is 6.92. The summed E-state index contributed by atoms with van der Waals surface area (Å²) in [6, 6.07) is 0. The van der Waals surface area contributed by atoms with E-state index in [9.17, 15) is 9.59 Å². The van der Waals surface area contributed by atoms with E-state index in [-0.39, 0.29) is 18.4 Å². The van der Waals surface area contributed by atoms with E-state index >= 15 is 0 Å². The first-order valence-corrected chi connectivity index (χ1v) is 7.74. The summed E-state index contributed by atoms with van der Waals surface area (Å²) >= 11 is 1.55. The van der Waals surface area contributed by atoms with Crippen molar-refractivity contribution in [2.75, 3.05) is 26.7 Å². The molecule has 0 saturated carbocycles. The van der Waals surface area contributed by atoms with Crippen molar-refractivity contribution >= 4 is 23.2 Å². The molecule has 0 spiro atoms. The van der Waals surface area contributed by atoms with Gasteiger partial charge in [-0.1, -0.05) is 0 Å². The van der Waals surface area contributed by atoms with Crippen LogP contribution in [0.2, 0.25) is 0 Å². The van der Waals surface area contributed by atoms with Crippen molar-refractivity contribution in [2.45, 2.75) is 32.8 Å². The van der Waals surface area contributed by atoms with Crippen LogP contribution in [-0.4, -0.2) is 54.0 Å². The molecule has 1 N–H and O–H groups in total. The van der Waals surface area contributed by atoms with Crippen molar-refractivity contribution in [3.05, 3.63) is 15.6 Å². The van der Waals surface area contributed by atoms with Gasteiger partial charge in [0.25, 0.3) is 5.91 Å². The van der Waals surface area contributed by atoms with Crippen LogP contribution in [0.3, 0.4) is 0 Å². The third kappa shape index (κ3) is 3.41. The van der Waals surface area contributed by atoms with Crippen molar-refractivity contribution in [1.82, 2.24) is 15.2 Å². The number of aryl methyl sites for hydroxylation is 2. The Morgan fingerprint density at radius 3 is 2.76 bits per heavy atom. The fraction of sp³-hybridized carbons (Fsp3) is 0.643. The molecule has 1 aliphatic rings. The second kappa shape index (κ2) is 6.11. The van der Waals surface area contributed by atoms with E-state index in [1.807, 2.05) is 13.8 Å². The Balaban J connectivity index is 2.06. The van der Waals surface area contributed by atoms with E-state index in [2.05, 4.69) is 10.3 Å². The van der Waals surface area contributed by atoms with E-state index in [1.165, 1.54) is 0 Å². The van der Waals surface area contributed by atoms with Gasteiger partial charge < -0.3 is 15.0 Å². The number of ether oxygens (including phenoxy) is 1. The molecular weight excluding hydrogens is 290 g/mol. The molecule has 0 unspecified atom stereocenters. The van der Waals surface area contributed by atoms with E-state index in [0.29, 0.717) is 19.6 Å². The second-order valence-electron chi connectivity index (χ2n) is 5.39. The minimum atomic E-state index is -0.971. The first-order chi connectivity index (χ1) is 9.85. The molecule has 7 heteroatoms. The zero-order chi connectivity index (χ0) is 15.6. The number of hydrogen-bond acceptors (Lipinski definition) is 5. The van der Waals surface area contributed by atoms with Crippen LogP contribution in [0.1, 0.15) is 22.5 Å². The Kier molecular flexibility index (Phi) is 4.63. The maximum atomic E-state index is 12.4. The minimum Gasteiger partial charge on any atom is -0.362 e. The van der Waals surface area contributed by atoms with Crippen LogP contribution in [0, 0.1) is 13.8 Å². The Morgan fingerprint density at radius 2 is 2.19 bits per heavy atom. The lowest BCUT2D eigenvalue weighted by Gasteiger charge is -2.39. The standard InChI is InChI=1S/C14H21N3O3S/c1-9-11(21-10(2)16-9)7-12(18)17-5-6-20-14(3,8-17)13(19)15-4/h5-8H2,1-4H3,(H,15,19)/t14-/m1/s1. The van der Waals surface area contributed by atoms with E-state index < -0.39 is 5.60 Å². The van der Waals surface area contributed by atoms with Gasteiger partial charge in [0.05, 0.1) is 30.3 Å². The lowest BCUT2D eigenvalue weighted by molar-refractivity contribution is -0.162. The molecule has 2 heterocycles. The van der Waals surface area contributed by atoms with Crippen LogP contribution < -0.4 is 5.32 Å². The molecule has 1 aromatic rings. The molecule has 0 bridgehead atoms. The molecule has 1 aromatic heterocycles. The topological polar surface area (TPSA) is 71.5 Å². The summed E-state index contributed by atoms with van der Waals surface area (Å²) in [5.74, 6) is -0.190. The SMILES string of the molecule is CNC(=O)[C@@]1(C)CN(C(=O)Cc2sc(C)nc2C)CCO1. The number of amides is 2. The molecule has 0 radical (unpaired) electrons. The summed E-state index contributed by atoms with van der Waals surface area (Å²) in [5.41, 5.74) is -0.0606. The molecule has 116 valence electrons. The molecule has 1 aliphatic heterocycles. The van der Waals surface area contributed by atoms with Gasteiger partial charge in [-0.2, -0.15) is 0 Å². The number of thiazole rings is 1. The number of carbonyl (C=O) groups is 2. The normalized spacial score (nSPS) is 22.2. The maximum absolute atomic E-state index is 12.4. The quantitative estimate of drug-likeness (QED) is 0.890. The molecule has 21 heavy (non-hydrogen) atoms. The van der Waals surface area contributed by atoms with Crippen LogP contribution >= 0.6 is 11.3 Å². The molecule has 6 nitrogen and oxygen atoms in total. The van der Waals surface area contributed by atoms with Gasteiger partial charge >= 0.3 is 0 Å². The summed E-state index contributed by atoms with van der Waals surface area (Å²) in [5, 5.41) is 3.55. The monoisotopic (exact) mass is 311 g/mol. The van der Waals surface area contributed by atoms with Crippen molar-refractivity contribution < 1.29 is 14.3 Å². The van der Waals surface area contributed by atoms with Crippen LogP contribution in [0.5, 0.6) is 0 Å². The molecule has 1 fully saturated rings. The number of nitrogens with zero attached hydrogens (tertiary/aromatic N) is 2. The van der Waals surface area contributed by atoms with Crippen LogP contribution in [-0.2, 0) is 20.7 Å². The van der Waals surface area contributed by atoms with Crippen molar-refractivity contribution in [1.29, 1.82) is 0 Å². The number of hydrogen-bond donors (Lipinski definition) is 1. The first kappa shape index (κ1) is 15.9. The summed E-state index contributed by atoms with van der Waals surface area (Å²) < 4.78 is 5.56. The Hall–Kier alpha value is -1.47. The van der Waals surface area contributed by atoms with Gasteiger partial charge in [-0.25, -0.2) is 4.98 Å². The average molecular weight is 311 g/mol. The van der Waals surface area contributed by atoms with Gasteiger partial charge in [-0.3, -0.25) is 9.59 Å². The highest BCUT2D eigenvalue weighted by Gasteiger charge is 2.40. The van der Waals surface area contributed by atoms with Gasteiger partial charge in [0.1, 0.15) is 0 Å². The van der Waals surface area contributed by atoms with Gasteiger partial charge in [0, 0.05) is 18.5 Å². The van der Waals surface area contributed by atoms with Crippen molar-refractivity contribution in [3.63, 3.8) is 0 Å². The average Bonchev–Trinajstić information content (AvgIpc) is 2.75. The van der Waals surface area contributed by atoms with Crippen molar-refractivity contribution in [3.8, 4) is 0 Å². The van der Waals surface area contributed by atoms with Crippen molar-refractivity contribution in [2.24, 2.45) is 0 Å². The Morgan fingerprint density at radius 1 is 1.48 bits per heavy atom. The Labute approximate surface area is 128 Å². The highest BCUT2D eigenvalue weighted by atomic mass is 32.1. The predicted molar refractivity (Wildman–Crippen MR) is 80.3 cm³/mol. The summed E-state index contributed by atoms with van der Waals surface area (Å²) in [6.45, 7) is 6.73. The zero-order valence-electron chi connectivity index (χ0n) is 12.9. The fourth-order valence-electron chi connectivity index (χ4n) is 2.47. The predicted octanol–water partition coefficient (Wildman–Crippen LogP) is 0.666. The molecule has 0 aliphatic carbocycles. The molecule has 0 aromatic carbocycles. The van der Waals surface area contributed by atoms with E-state index in [1.54, 1.807) is 30.2 Å². The highest BCUT2D eigenvalue weighted by Crippen LogP contribution is 2.21. The molecule has 2 rings (SSSR count). The third-order valence-corrected chi connectivity index (χ3v) is 4.72. The number of morpholine rings is 1. The van der Waals surface area contributed by atoms with Gasteiger partial charge in [-0.15, -0.1) is 11.3 Å². The van der Waals surface area contributed by atoms with Crippen LogP contribution in [0.15, 0.2) is 0 Å². The van der Waals surface area contributed by atoms with Crippen LogP contribution in [0.25, 0.3) is 0 Å². The lowest BCUT2D eigenvalue weighted by atomic mass is 10.0. The third-order valence-electron chi connectivity index (χ3n) is 3.65. The van der Waals surface area contributed by atoms with E-state index in [4.69, 9.17) is 4.74 Å². The van der Waals surface area contributed by atoms with Gasteiger partial charge in [0.15, 0.2) is 5.60 Å².